The minimum Gasteiger partial charge on any atom is -0.438 e. The third kappa shape index (κ3) is 11.0. The number of aromatic nitrogens is 2. The zero-order valence-corrected chi connectivity index (χ0v) is 21.1. The molecule has 0 aliphatic rings. The lowest BCUT2D eigenvalue weighted by atomic mass is 9.93. The minimum atomic E-state index is -3.95. The average Bonchev–Trinajstić information content (AvgIpc) is 2.66. The van der Waals surface area contributed by atoms with E-state index in [4.69, 9.17) is 18.5 Å². The van der Waals surface area contributed by atoms with Crippen molar-refractivity contribution in [3.8, 4) is 0 Å². The van der Waals surface area contributed by atoms with Crippen molar-refractivity contribution >= 4 is 19.5 Å². The van der Waals surface area contributed by atoms with Crippen molar-refractivity contribution in [3.63, 3.8) is 0 Å². The molecule has 1 aromatic rings. The molecule has 0 saturated heterocycles. The Morgan fingerprint density at radius 1 is 1.06 bits per heavy atom. The maximum absolute atomic E-state index is 13.4. The normalized spacial score (nSPS) is 14.1. The van der Waals surface area contributed by atoms with Crippen LogP contribution in [0.25, 0.3) is 0 Å². The number of ether oxygens (including phenoxy) is 2. The lowest BCUT2D eigenvalue weighted by Crippen LogP contribution is -2.31. The Morgan fingerprint density at radius 3 is 2.21 bits per heavy atom. The zero-order valence-electron chi connectivity index (χ0n) is 20.2. The molecule has 1 aromatic heterocycles. The van der Waals surface area contributed by atoms with Gasteiger partial charge in [0.2, 0.25) is 19.4 Å². The van der Waals surface area contributed by atoms with Gasteiger partial charge >= 0.3 is 25.2 Å². The number of hydrogen-bond donors (Lipinski definition) is 1. The number of carbonyl (C=O) groups is 2. The number of halogens is 1. The molecule has 0 aliphatic carbocycles. The predicted octanol–water partition coefficient (Wildman–Crippen LogP) is 2.94. The van der Waals surface area contributed by atoms with Gasteiger partial charge in [0.05, 0.1) is 24.2 Å². The highest BCUT2D eigenvalue weighted by molar-refractivity contribution is 7.54. The molecule has 34 heavy (non-hydrogen) atoms. The van der Waals surface area contributed by atoms with E-state index < -0.39 is 55.6 Å². The Labute approximate surface area is 196 Å². The van der Waals surface area contributed by atoms with E-state index >= 15 is 0 Å². The third-order valence-electron chi connectivity index (χ3n) is 3.96. The molecular weight excluding hydrogens is 474 g/mol. The Kier molecular flexibility index (Phi) is 10.6. The van der Waals surface area contributed by atoms with Gasteiger partial charge in [0.1, 0.15) is 0 Å². The smallest absolute Gasteiger partial charge is 0.340 e. The summed E-state index contributed by atoms with van der Waals surface area (Å²) in [4.78, 5) is 48.3. The highest BCUT2D eigenvalue weighted by Gasteiger charge is 2.28. The first kappa shape index (κ1) is 29.5. The van der Waals surface area contributed by atoms with Gasteiger partial charge in [-0.05, 0) is 26.2 Å². The fourth-order valence-electron chi connectivity index (χ4n) is 2.19. The molecule has 1 N–H and O–H groups in total. The molecule has 0 radical (unpaired) electrons. The van der Waals surface area contributed by atoms with Gasteiger partial charge in [-0.2, -0.15) is 4.39 Å². The minimum absolute atomic E-state index is 0.106. The second-order valence-electron chi connectivity index (χ2n) is 9.58. The van der Waals surface area contributed by atoms with Crippen LogP contribution in [-0.4, -0.2) is 41.2 Å². The summed E-state index contributed by atoms with van der Waals surface area (Å²) >= 11 is 0. The van der Waals surface area contributed by atoms with E-state index in [1.165, 1.54) is 12.2 Å². The highest BCUT2D eigenvalue weighted by atomic mass is 31.2. The second-order valence-corrected chi connectivity index (χ2v) is 11.7. The Morgan fingerprint density at radius 2 is 1.65 bits per heavy atom. The van der Waals surface area contributed by atoms with Crippen molar-refractivity contribution in [2.75, 3.05) is 19.7 Å². The topological polar surface area (TPSA) is 143 Å². The van der Waals surface area contributed by atoms with Gasteiger partial charge in [-0.1, -0.05) is 32.9 Å². The number of nitrogens with one attached hydrogen (secondary N) is 1. The molecule has 0 saturated carbocycles. The molecule has 0 bridgehead atoms. The molecule has 1 atom stereocenters. The first-order chi connectivity index (χ1) is 15.5. The van der Waals surface area contributed by atoms with Crippen LogP contribution in [0.4, 0.5) is 4.39 Å². The number of allylic oxidation sites excluding steroid dienone is 2. The summed E-state index contributed by atoms with van der Waals surface area (Å²) < 4.78 is 47.5. The van der Waals surface area contributed by atoms with E-state index in [1.54, 1.807) is 20.8 Å². The van der Waals surface area contributed by atoms with Gasteiger partial charge in [0.15, 0.2) is 0 Å². The monoisotopic (exact) mass is 506 g/mol. The van der Waals surface area contributed by atoms with Crippen LogP contribution in [0.15, 0.2) is 27.9 Å². The van der Waals surface area contributed by atoms with Crippen molar-refractivity contribution in [1.29, 1.82) is 0 Å². The molecule has 0 aromatic carbocycles. The molecule has 1 heterocycles. The van der Waals surface area contributed by atoms with Crippen LogP contribution >= 0.6 is 7.60 Å². The highest BCUT2D eigenvalue weighted by Crippen LogP contribution is 2.48. The van der Waals surface area contributed by atoms with Crippen molar-refractivity contribution in [2.45, 2.75) is 54.5 Å². The summed E-state index contributed by atoms with van der Waals surface area (Å²) in [6.45, 7) is 8.95. The average molecular weight is 506 g/mol. The summed E-state index contributed by atoms with van der Waals surface area (Å²) in [7, 11) is -3.95. The number of esters is 2. The van der Waals surface area contributed by atoms with Gasteiger partial charge in [0, 0.05) is 6.54 Å². The Bertz CT molecular complexity index is 1050. The molecule has 13 heteroatoms. The van der Waals surface area contributed by atoms with Crippen LogP contribution < -0.4 is 11.2 Å². The van der Waals surface area contributed by atoms with Gasteiger partial charge in [0.25, 0.3) is 5.56 Å². The first-order valence-electron chi connectivity index (χ1n) is 10.4. The van der Waals surface area contributed by atoms with E-state index in [0.29, 0.717) is 0 Å². The van der Waals surface area contributed by atoms with Crippen LogP contribution in [-0.2, 0) is 39.2 Å². The fraction of sp³-hybridized carbons (Fsp3) is 0.619. The molecule has 0 fully saturated rings. The Balaban J connectivity index is 2.80. The fourth-order valence-corrected chi connectivity index (χ4v) is 3.31. The first-order valence-corrected chi connectivity index (χ1v) is 12.1. The molecule has 0 amide bonds. The summed E-state index contributed by atoms with van der Waals surface area (Å²) in [5.41, 5.74) is -3.09. The van der Waals surface area contributed by atoms with Crippen LogP contribution in [0.1, 0.15) is 48.0 Å². The lowest BCUT2D eigenvalue weighted by Gasteiger charge is -2.20. The predicted molar refractivity (Wildman–Crippen MR) is 121 cm³/mol. The van der Waals surface area contributed by atoms with E-state index in [2.05, 4.69) is 0 Å². The van der Waals surface area contributed by atoms with Crippen molar-refractivity contribution in [1.82, 2.24) is 9.55 Å². The number of carbonyl (C=O) groups excluding carboxylic acids is 2. The quantitative estimate of drug-likeness (QED) is 0.207. The van der Waals surface area contributed by atoms with Crippen LogP contribution in [0.5, 0.6) is 0 Å². The number of aromatic amines is 1. The zero-order chi connectivity index (χ0) is 26.2. The summed E-state index contributed by atoms with van der Waals surface area (Å²) in [5.74, 6) is -2.29. The van der Waals surface area contributed by atoms with Crippen molar-refractivity contribution in [3.05, 3.63) is 45.0 Å². The molecule has 192 valence electrons. The van der Waals surface area contributed by atoms with Gasteiger partial charge < -0.3 is 9.47 Å². The van der Waals surface area contributed by atoms with Crippen LogP contribution in [0.3, 0.4) is 0 Å². The maximum atomic E-state index is 13.4. The van der Waals surface area contributed by atoms with Crippen molar-refractivity contribution in [2.24, 2.45) is 10.8 Å². The van der Waals surface area contributed by atoms with Crippen molar-refractivity contribution < 1.29 is 37.1 Å². The van der Waals surface area contributed by atoms with Gasteiger partial charge in [-0.15, -0.1) is 0 Å². The molecular formula is C21H32FN2O9P. The molecule has 1 unspecified atom stereocenters. The van der Waals surface area contributed by atoms with E-state index in [9.17, 15) is 28.1 Å². The number of hydrogen-bond acceptors (Lipinski definition) is 9. The summed E-state index contributed by atoms with van der Waals surface area (Å²) in [5, 5.41) is 0. The molecule has 1 rings (SSSR count). The van der Waals surface area contributed by atoms with E-state index in [1.807, 2.05) is 25.8 Å². The van der Waals surface area contributed by atoms with Crippen LogP contribution in [0, 0.1) is 16.6 Å². The number of H-pyrrole nitrogens is 1. The van der Waals surface area contributed by atoms with Gasteiger partial charge in [-0.3, -0.25) is 37.5 Å². The SMILES string of the molecule is CC(C)(C)CC(=O)OCOP(=O)(C/C=C\Cn1cc(F)c(=O)[nH]c1=O)OCOC(=O)C(C)(C)C. The summed E-state index contributed by atoms with van der Waals surface area (Å²) in [6, 6.07) is 0. The number of nitrogens with zero attached hydrogens (tertiary/aromatic N) is 1. The maximum Gasteiger partial charge on any atom is 0.340 e. The second kappa shape index (κ2) is 12.2. The largest absolute Gasteiger partial charge is 0.438 e. The third-order valence-corrected chi connectivity index (χ3v) is 5.62. The molecule has 11 nitrogen and oxygen atoms in total. The van der Waals surface area contributed by atoms with Gasteiger partial charge in [-0.25, -0.2) is 4.79 Å². The Hall–Kier alpha value is -2.56. The van der Waals surface area contributed by atoms with Crippen LogP contribution in [0.2, 0.25) is 0 Å². The number of rotatable bonds is 11. The lowest BCUT2D eigenvalue weighted by molar-refractivity contribution is -0.160. The van der Waals surface area contributed by atoms with E-state index in [0.717, 1.165) is 10.8 Å². The van der Waals surface area contributed by atoms with E-state index in [-0.39, 0.29) is 24.5 Å². The molecule has 0 spiro atoms. The molecule has 0 aliphatic heterocycles. The standard InChI is InChI=1S/C21H32FN2O9P/c1-20(2,3)11-16(25)30-13-32-34(29,33-14-31-18(27)21(4,5)6)10-8-7-9-24-12-15(22)17(26)23-19(24)28/h7-8,12H,9-11,13-14H2,1-6H3,(H,23,26,28)/b8-7-. The summed E-state index contributed by atoms with van der Waals surface area (Å²) in [6.07, 6.45) is 3.20.